The van der Waals surface area contributed by atoms with E-state index in [4.69, 9.17) is 14.2 Å². The minimum Gasteiger partial charge on any atom is -0.497 e. The lowest BCUT2D eigenvalue weighted by Gasteiger charge is -2.13. The van der Waals surface area contributed by atoms with Crippen LogP contribution in [0.25, 0.3) is 22.4 Å². The number of rotatable bonds is 9. The van der Waals surface area contributed by atoms with Crippen molar-refractivity contribution < 1.29 is 14.2 Å². The van der Waals surface area contributed by atoms with Crippen molar-refractivity contribution in [3.05, 3.63) is 85.1 Å². The van der Waals surface area contributed by atoms with Crippen LogP contribution in [0.2, 0.25) is 0 Å². The maximum Gasteiger partial charge on any atom is 0.132 e. The molecule has 0 atom stereocenters. The number of hydrogen-bond donors (Lipinski definition) is 1. The predicted molar refractivity (Wildman–Crippen MR) is 134 cm³/mol. The van der Waals surface area contributed by atoms with Crippen molar-refractivity contribution >= 4 is 11.4 Å². The van der Waals surface area contributed by atoms with E-state index in [1.54, 1.807) is 7.11 Å². The van der Waals surface area contributed by atoms with Crippen LogP contribution in [0.5, 0.6) is 17.2 Å². The molecule has 0 bridgehead atoms. The van der Waals surface area contributed by atoms with Gasteiger partial charge in [0, 0.05) is 29.2 Å². The minimum atomic E-state index is 0.574. The Morgan fingerprint density at radius 1 is 0.697 bits per heavy atom. The number of hydrogen-bond acceptors (Lipinski definition) is 5. The molecule has 5 nitrogen and oxygen atoms in total. The molecular formula is C28H28N2O3. The molecule has 0 saturated carbocycles. The summed E-state index contributed by atoms with van der Waals surface area (Å²) in [5.74, 6) is 2.40. The number of anilines is 2. The highest BCUT2D eigenvalue weighted by molar-refractivity contribution is 5.75. The molecule has 3 aromatic carbocycles. The third-order valence-electron chi connectivity index (χ3n) is 5.20. The summed E-state index contributed by atoms with van der Waals surface area (Å²) in [5.41, 5.74) is 6.03. The molecule has 4 aromatic rings. The monoisotopic (exact) mass is 440 g/mol. The van der Waals surface area contributed by atoms with Crippen LogP contribution in [-0.4, -0.2) is 25.3 Å². The lowest BCUT2D eigenvalue weighted by atomic mass is 10.0. The second-order valence-corrected chi connectivity index (χ2v) is 7.38. The van der Waals surface area contributed by atoms with Gasteiger partial charge in [-0.2, -0.15) is 0 Å². The van der Waals surface area contributed by atoms with Crippen LogP contribution in [0.15, 0.2) is 85.1 Å². The van der Waals surface area contributed by atoms with Gasteiger partial charge in [0.05, 0.1) is 26.0 Å². The smallest absolute Gasteiger partial charge is 0.132 e. The van der Waals surface area contributed by atoms with Crippen molar-refractivity contribution in [2.75, 3.05) is 25.6 Å². The fraction of sp³-hybridized carbons (Fsp3) is 0.179. The lowest BCUT2D eigenvalue weighted by molar-refractivity contribution is 0.324. The second kappa shape index (κ2) is 10.6. The van der Waals surface area contributed by atoms with Gasteiger partial charge in [-0.1, -0.05) is 12.1 Å². The Morgan fingerprint density at radius 3 is 2.03 bits per heavy atom. The van der Waals surface area contributed by atoms with E-state index in [0.29, 0.717) is 13.2 Å². The van der Waals surface area contributed by atoms with Gasteiger partial charge in [-0.25, -0.2) is 0 Å². The Morgan fingerprint density at radius 2 is 1.36 bits per heavy atom. The number of nitrogens with one attached hydrogen (secondary N) is 1. The van der Waals surface area contributed by atoms with Crippen LogP contribution >= 0.6 is 0 Å². The lowest BCUT2D eigenvalue weighted by Crippen LogP contribution is -1.98. The van der Waals surface area contributed by atoms with E-state index in [1.807, 2.05) is 68.6 Å². The van der Waals surface area contributed by atoms with E-state index < -0.39 is 0 Å². The van der Waals surface area contributed by atoms with Gasteiger partial charge in [0.25, 0.3) is 0 Å². The van der Waals surface area contributed by atoms with E-state index in [2.05, 4.69) is 40.6 Å². The highest BCUT2D eigenvalue weighted by atomic mass is 16.5. The highest BCUT2D eigenvalue weighted by Crippen LogP contribution is 2.34. The minimum absolute atomic E-state index is 0.574. The quantitative estimate of drug-likeness (QED) is 0.305. The first-order valence-corrected chi connectivity index (χ1v) is 11.1. The van der Waals surface area contributed by atoms with E-state index in [-0.39, 0.29) is 0 Å². The number of pyridine rings is 1. The molecule has 0 radical (unpaired) electrons. The van der Waals surface area contributed by atoms with Crippen molar-refractivity contribution in [3.8, 4) is 39.6 Å². The molecule has 1 N–H and O–H groups in total. The topological polar surface area (TPSA) is 52.6 Å². The Kier molecular flexibility index (Phi) is 7.10. The average Bonchev–Trinajstić information content (AvgIpc) is 2.86. The van der Waals surface area contributed by atoms with Gasteiger partial charge in [-0.05, 0) is 85.6 Å². The van der Waals surface area contributed by atoms with Crippen LogP contribution in [-0.2, 0) is 0 Å². The van der Waals surface area contributed by atoms with Crippen LogP contribution < -0.4 is 19.5 Å². The Hall–Kier alpha value is -3.99. The third-order valence-corrected chi connectivity index (χ3v) is 5.20. The molecule has 0 amide bonds. The van der Waals surface area contributed by atoms with Crippen LogP contribution in [0.1, 0.15) is 13.8 Å². The van der Waals surface area contributed by atoms with Crippen molar-refractivity contribution in [3.63, 3.8) is 0 Å². The summed E-state index contributed by atoms with van der Waals surface area (Å²) >= 11 is 0. The SMILES string of the molecule is CCOc1ccc(-c2cc(-c3ccc(Nc4ccc(OC)cc4)cc3)ccn2)c(OCC)c1. The Balaban J connectivity index is 1.56. The van der Waals surface area contributed by atoms with Gasteiger partial charge < -0.3 is 19.5 Å². The molecule has 0 aliphatic carbocycles. The van der Waals surface area contributed by atoms with Crippen molar-refractivity contribution in [2.45, 2.75) is 13.8 Å². The number of aromatic nitrogens is 1. The average molecular weight is 441 g/mol. The molecule has 1 aromatic heterocycles. The van der Waals surface area contributed by atoms with Crippen LogP contribution in [0.4, 0.5) is 11.4 Å². The first kappa shape index (κ1) is 22.2. The van der Waals surface area contributed by atoms with Gasteiger partial charge in [-0.3, -0.25) is 4.98 Å². The van der Waals surface area contributed by atoms with E-state index in [9.17, 15) is 0 Å². The summed E-state index contributed by atoms with van der Waals surface area (Å²) in [6.45, 7) is 5.13. The second-order valence-electron chi connectivity index (χ2n) is 7.38. The number of ether oxygens (including phenoxy) is 3. The Labute approximate surface area is 195 Å². The zero-order chi connectivity index (χ0) is 23.0. The first-order chi connectivity index (χ1) is 16.2. The summed E-state index contributed by atoms with van der Waals surface area (Å²) in [5, 5.41) is 3.41. The Bertz CT molecular complexity index is 1190. The van der Waals surface area contributed by atoms with Gasteiger partial charge in [0.1, 0.15) is 17.2 Å². The molecule has 0 spiro atoms. The maximum atomic E-state index is 5.87. The fourth-order valence-corrected chi connectivity index (χ4v) is 3.59. The first-order valence-electron chi connectivity index (χ1n) is 11.1. The third kappa shape index (κ3) is 5.44. The molecule has 168 valence electrons. The molecule has 0 fully saturated rings. The molecule has 0 aliphatic rings. The van der Waals surface area contributed by atoms with Crippen molar-refractivity contribution in [1.82, 2.24) is 4.98 Å². The fourth-order valence-electron chi connectivity index (χ4n) is 3.59. The number of methoxy groups -OCH3 is 1. The molecule has 33 heavy (non-hydrogen) atoms. The zero-order valence-electron chi connectivity index (χ0n) is 19.2. The molecule has 5 heteroatoms. The van der Waals surface area contributed by atoms with Gasteiger partial charge in [-0.15, -0.1) is 0 Å². The molecule has 4 rings (SSSR count). The normalized spacial score (nSPS) is 10.5. The standard InChI is InChI=1S/C28H28N2O3/c1-4-32-25-14-15-26(28(19-25)33-5-2)27-18-21(16-17-29-27)20-6-8-22(9-7-20)30-23-10-12-24(31-3)13-11-23/h6-19,30H,4-5H2,1-3H3. The molecule has 0 saturated heterocycles. The number of nitrogens with zero attached hydrogens (tertiary/aromatic N) is 1. The largest absolute Gasteiger partial charge is 0.497 e. The molecular weight excluding hydrogens is 412 g/mol. The highest BCUT2D eigenvalue weighted by Gasteiger charge is 2.11. The van der Waals surface area contributed by atoms with Crippen LogP contribution in [0, 0.1) is 0 Å². The van der Waals surface area contributed by atoms with Gasteiger partial charge in [0.15, 0.2) is 0 Å². The number of benzene rings is 3. The summed E-state index contributed by atoms with van der Waals surface area (Å²) in [7, 11) is 1.67. The van der Waals surface area contributed by atoms with Crippen molar-refractivity contribution in [2.24, 2.45) is 0 Å². The van der Waals surface area contributed by atoms with Gasteiger partial charge >= 0.3 is 0 Å². The summed E-state index contributed by atoms with van der Waals surface area (Å²) < 4.78 is 16.7. The van der Waals surface area contributed by atoms with E-state index in [1.165, 1.54) is 0 Å². The maximum absolute atomic E-state index is 5.87. The summed E-state index contributed by atoms with van der Waals surface area (Å²) in [6.07, 6.45) is 1.83. The van der Waals surface area contributed by atoms with Crippen LogP contribution in [0.3, 0.4) is 0 Å². The molecule has 1 heterocycles. The summed E-state index contributed by atoms with van der Waals surface area (Å²) in [4.78, 5) is 4.60. The predicted octanol–water partition coefficient (Wildman–Crippen LogP) is 6.97. The van der Waals surface area contributed by atoms with E-state index >= 15 is 0 Å². The summed E-state index contributed by atoms with van der Waals surface area (Å²) in [6, 6.07) is 26.2. The molecule has 0 aliphatic heterocycles. The van der Waals surface area contributed by atoms with Crippen molar-refractivity contribution in [1.29, 1.82) is 0 Å². The van der Waals surface area contributed by atoms with E-state index in [0.717, 1.165) is 51.0 Å². The zero-order valence-corrected chi connectivity index (χ0v) is 19.2. The van der Waals surface area contributed by atoms with Gasteiger partial charge in [0.2, 0.25) is 0 Å². The molecule has 0 unspecified atom stereocenters.